The topological polar surface area (TPSA) is 111 Å². The van der Waals surface area contributed by atoms with E-state index in [2.05, 4.69) is 30.4 Å². The maximum atomic E-state index is 12.7. The van der Waals surface area contributed by atoms with Crippen molar-refractivity contribution in [1.82, 2.24) is 29.7 Å². The Hall–Kier alpha value is -3.96. The van der Waals surface area contributed by atoms with Gasteiger partial charge in [0.1, 0.15) is 5.82 Å². The van der Waals surface area contributed by atoms with Crippen LogP contribution in [0.15, 0.2) is 36.8 Å². The quantitative estimate of drug-likeness (QED) is 0.485. The summed E-state index contributed by atoms with van der Waals surface area (Å²) in [4.78, 5) is 27.6. The second kappa shape index (κ2) is 7.94. The minimum absolute atomic E-state index is 0.324. The van der Waals surface area contributed by atoms with Gasteiger partial charge in [0.15, 0.2) is 6.10 Å². The molecule has 0 aliphatic heterocycles. The van der Waals surface area contributed by atoms with Gasteiger partial charge in [0.2, 0.25) is 0 Å². The summed E-state index contributed by atoms with van der Waals surface area (Å²) >= 11 is 0. The van der Waals surface area contributed by atoms with E-state index in [9.17, 15) is 18.0 Å². The standard InChI is InChI=1S/C20H18F3N7O2/c1-10-13(9-30(3)29-10)18(31)28-17-7-15-12(8-25-17)6-16(26-15)14-4-5-24-19(27-14)32-11(2)20(21,22)23/h4-9,11,26H,1-3H3,(H,25,28,31). The average molecular weight is 445 g/mol. The Labute approximate surface area is 179 Å². The molecule has 2 N–H and O–H groups in total. The van der Waals surface area contributed by atoms with Crippen LogP contribution in [0, 0.1) is 6.92 Å². The molecule has 4 aromatic heterocycles. The Bertz CT molecular complexity index is 1300. The van der Waals surface area contributed by atoms with Crippen LogP contribution in [-0.2, 0) is 7.05 Å². The third-order valence-corrected chi connectivity index (χ3v) is 4.66. The normalized spacial score (nSPS) is 12.7. The van der Waals surface area contributed by atoms with Gasteiger partial charge in [-0.2, -0.15) is 23.3 Å². The summed E-state index contributed by atoms with van der Waals surface area (Å²) in [6, 6.07) is 4.53. The molecule has 1 unspecified atom stereocenters. The fourth-order valence-corrected chi connectivity index (χ4v) is 3.01. The first-order valence-corrected chi connectivity index (χ1v) is 9.47. The zero-order valence-corrected chi connectivity index (χ0v) is 17.2. The molecule has 1 atom stereocenters. The van der Waals surface area contributed by atoms with Gasteiger partial charge in [0, 0.05) is 37.1 Å². The van der Waals surface area contributed by atoms with Crippen molar-refractivity contribution in [2.45, 2.75) is 26.1 Å². The van der Waals surface area contributed by atoms with Gasteiger partial charge in [0.05, 0.1) is 28.2 Å². The Morgan fingerprint density at radius 3 is 2.75 bits per heavy atom. The molecule has 1 amide bonds. The number of alkyl halides is 3. The number of pyridine rings is 1. The fraction of sp³-hybridized carbons (Fsp3) is 0.250. The lowest BCUT2D eigenvalue weighted by atomic mass is 10.2. The molecular formula is C20H18F3N7O2. The van der Waals surface area contributed by atoms with Gasteiger partial charge >= 0.3 is 12.2 Å². The third-order valence-electron chi connectivity index (χ3n) is 4.66. The number of nitrogens with zero attached hydrogens (tertiary/aromatic N) is 5. The highest BCUT2D eigenvalue weighted by Crippen LogP contribution is 2.27. The Morgan fingerprint density at radius 2 is 2.06 bits per heavy atom. The number of aryl methyl sites for hydroxylation is 2. The van der Waals surface area contributed by atoms with Crippen molar-refractivity contribution >= 4 is 22.6 Å². The zero-order chi connectivity index (χ0) is 23.0. The number of rotatable bonds is 5. The number of nitrogens with one attached hydrogen (secondary N) is 2. The number of carbonyl (C=O) groups is 1. The molecule has 12 heteroatoms. The smallest absolute Gasteiger partial charge is 0.425 e. The number of hydrogen-bond donors (Lipinski definition) is 2. The second-order valence-corrected chi connectivity index (χ2v) is 7.12. The molecule has 4 rings (SSSR count). The van der Waals surface area contributed by atoms with Gasteiger partial charge in [-0.05, 0) is 26.0 Å². The summed E-state index contributed by atoms with van der Waals surface area (Å²) in [6.45, 7) is 2.62. The zero-order valence-electron chi connectivity index (χ0n) is 17.2. The van der Waals surface area contributed by atoms with Crippen LogP contribution < -0.4 is 10.1 Å². The average Bonchev–Trinajstić information content (AvgIpc) is 3.29. The molecule has 0 aliphatic carbocycles. The molecule has 0 aromatic carbocycles. The van der Waals surface area contributed by atoms with E-state index in [4.69, 9.17) is 4.74 Å². The number of ether oxygens (including phenoxy) is 1. The van der Waals surface area contributed by atoms with Crippen molar-refractivity contribution in [2.24, 2.45) is 7.05 Å². The number of H-pyrrole nitrogens is 1. The number of amides is 1. The maximum absolute atomic E-state index is 12.7. The number of fused-ring (bicyclic) bond motifs is 1. The fourth-order valence-electron chi connectivity index (χ4n) is 3.01. The molecule has 166 valence electrons. The largest absolute Gasteiger partial charge is 0.451 e. The van der Waals surface area contributed by atoms with Gasteiger partial charge in [-0.3, -0.25) is 9.48 Å². The molecule has 9 nitrogen and oxygen atoms in total. The molecule has 0 bridgehead atoms. The second-order valence-electron chi connectivity index (χ2n) is 7.12. The van der Waals surface area contributed by atoms with Crippen molar-refractivity contribution in [3.8, 4) is 17.4 Å². The highest BCUT2D eigenvalue weighted by molar-refractivity contribution is 6.05. The molecular weight excluding hydrogens is 427 g/mol. The van der Waals surface area contributed by atoms with Crippen LogP contribution in [0.4, 0.5) is 19.0 Å². The van der Waals surface area contributed by atoms with E-state index in [0.717, 1.165) is 12.3 Å². The first-order valence-electron chi connectivity index (χ1n) is 9.47. The van der Waals surface area contributed by atoms with Gasteiger partial charge in [0.25, 0.3) is 5.91 Å². The van der Waals surface area contributed by atoms with Crippen LogP contribution in [0.5, 0.6) is 6.01 Å². The van der Waals surface area contributed by atoms with E-state index >= 15 is 0 Å². The number of anilines is 1. The highest BCUT2D eigenvalue weighted by atomic mass is 19.4. The van der Waals surface area contributed by atoms with E-state index in [-0.39, 0.29) is 11.9 Å². The Balaban J connectivity index is 1.56. The minimum Gasteiger partial charge on any atom is -0.451 e. The van der Waals surface area contributed by atoms with Gasteiger partial charge < -0.3 is 15.0 Å². The number of aromatic nitrogens is 6. The van der Waals surface area contributed by atoms with Crippen LogP contribution in [-0.4, -0.2) is 47.9 Å². The van der Waals surface area contributed by atoms with E-state index in [1.165, 1.54) is 12.3 Å². The molecule has 0 saturated heterocycles. The monoisotopic (exact) mass is 445 g/mol. The number of hydrogen-bond acceptors (Lipinski definition) is 6. The molecule has 32 heavy (non-hydrogen) atoms. The predicted octanol–water partition coefficient (Wildman–Crippen LogP) is 3.64. The summed E-state index contributed by atoms with van der Waals surface area (Å²) in [6.07, 6.45) is -2.08. The summed E-state index contributed by atoms with van der Waals surface area (Å²) in [5, 5.41) is 7.59. The molecule has 4 heterocycles. The van der Waals surface area contributed by atoms with Gasteiger partial charge in [-0.1, -0.05) is 0 Å². The van der Waals surface area contributed by atoms with Gasteiger partial charge in [-0.25, -0.2) is 9.97 Å². The maximum Gasteiger partial charge on any atom is 0.425 e. The number of aromatic amines is 1. The minimum atomic E-state index is -4.53. The summed E-state index contributed by atoms with van der Waals surface area (Å²) < 4.78 is 44.5. The van der Waals surface area contributed by atoms with Crippen LogP contribution in [0.2, 0.25) is 0 Å². The van der Waals surface area contributed by atoms with Crippen molar-refractivity contribution in [3.63, 3.8) is 0 Å². The summed E-state index contributed by atoms with van der Waals surface area (Å²) in [5.74, 6) is -0.0181. The predicted molar refractivity (Wildman–Crippen MR) is 109 cm³/mol. The van der Waals surface area contributed by atoms with Crippen molar-refractivity contribution in [2.75, 3.05) is 5.32 Å². The van der Waals surface area contributed by atoms with E-state index in [0.29, 0.717) is 34.0 Å². The summed E-state index contributed by atoms with van der Waals surface area (Å²) in [7, 11) is 1.72. The number of carbonyl (C=O) groups excluding carboxylic acids is 1. The molecule has 0 aliphatic rings. The molecule has 0 radical (unpaired) electrons. The number of halogens is 3. The van der Waals surface area contributed by atoms with Crippen LogP contribution in [0.3, 0.4) is 0 Å². The highest BCUT2D eigenvalue weighted by Gasteiger charge is 2.38. The first-order chi connectivity index (χ1) is 15.1. The van der Waals surface area contributed by atoms with E-state index < -0.39 is 12.3 Å². The lowest BCUT2D eigenvalue weighted by molar-refractivity contribution is -0.190. The SMILES string of the molecule is Cc1nn(C)cc1C(=O)Nc1cc2[nH]c(-c3ccnc(OC(C)C(F)(F)F)n3)cc2cn1. The Kier molecular flexibility index (Phi) is 5.28. The van der Waals surface area contributed by atoms with Crippen LogP contribution >= 0.6 is 0 Å². The van der Waals surface area contributed by atoms with Gasteiger partial charge in [-0.15, -0.1) is 0 Å². The third kappa shape index (κ3) is 4.38. The Morgan fingerprint density at radius 1 is 1.28 bits per heavy atom. The molecule has 0 fully saturated rings. The summed E-state index contributed by atoms with van der Waals surface area (Å²) in [5.41, 5.74) is 2.55. The van der Waals surface area contributed by atoms with Crippen LogP contribution in [0.1, 0.15) is 23.0 Å². The lowest BCUT2D eigenvalue weighted by Gasteiger charge is -2.16. The van der Waals surface area contributed by atoms with E-state index in [1.807, 2.05) is 0 Å². The molecule has 4 aromatic rings. The van der Waals surface area contributed by atoms with E-state index in [1.54, 1.807) is 43.2 Å². The van der Waals surface area contributed by atoms with Crippen LogP contribution in [0.25, 0.3) is 22.3 Å². The van der Waals surface area contributed by atoms with Crippen molar-refractivity contribution in [3.05, 3.63) is 48.0 Å². The molecule has 0 spiro atoms. The van der Waals surface area contributed by atoms with Crippen molar-refractivity contribution in [1.29, 1.82) is 0 Å². The first kappa shape index (κ1) is 21.3. The molecule has 0 saturated carbocycles. The lowest BCUT2D eigenvalue weighted by Crippen LogP contribution is -2.31. The van der Waals surface area contributed by atoms with Crippen molar-refractivity contribution < 1.29 is 22.7 Å².